The third-order valence-corrected chi connectivity index (χ3v) is 6.60. The molecule has 4 heteroatoms. The molecule has 4 nitrogen and oxygen atoms in total. The minimum atomic E-state index is -0.376. The second-order valence-electron chi connectivity index (χ2n) is 7.15. The quantitative estimate of drug-likeness (QED) is 0.793. The van der Waals surface area contributed by atoms with Gasteiger partial charge in [0.15, 0.2) is 23.4 Å². The minimum Gasteiger partial charge on any atom is -0.504 e. The van der Waals surface area contributed by atoms with Crippen molar-refractivity contribution in [2.75, 3.05) is 7.05 Å². The first kappa shape index (κ1) is 12.0. The molecule has 5 rings (SSSR count). The highest BCUT2D eigenvalue weighted by molar-refractivity contribution is 5.89. The summed E-state index contributed by atoms with van der Waals surface area (Å²) in [5, 5.41) is 10.2. The van der Waals surface area contributed by atoms with Crippen molar-refractivity contribution in [3.05, 3.63) is 23.3 Å². The zero-order valence-electron chi connectivity index (χ0n) is 12.3. The van der Waals surface area contributed by atoms with Gasteiger partial charge < -0.3 is 9.84 Å². The summed E-state index contributed by atoms with van der Waals surface area (Å²) in [4.78, 5) is 14.9. The Morgan fingerprint density at radius 3 is 3.05 bits per heavy atom. The lowest BCUT2D eigenvalue weighted by atomic mass is 9.58. The summed E-state index contributed by atoms with van der Waals surface area (Å²) < 4.78 is 6.01. The van der Waals surface area contributed by atoms with Gasteiger partial charge in [-0.2, -0.15) is 0 Å². The number of phenols is 1. The van der Waals surface area contributed by atoms with Crippen LogP contribution in [0, 0.1) is 5.92 Å². The fourth-order valence-electron chi connectivity index (χ4n) is 5.63. The van der Waals surface area contributed by atoms with Crippen molar-refractivity contribution < 1.29 is 14.6 Å². The number of aromatic hydroxyl groups is 1. The van der Waals surface area contributed by atoms with Gasteiger partial charge >= 0.3 is 0 Å². The molecule has 110 valence electrons. The number of Topliss-reactive ketones (excluding diaryl/α,β-unsaturated/α-hetero) is 1. The van der Waals surface area contributed by atoms with E-state index in [2.05, 4.69) is 18.9 Å². The normalized spacial score (nSPS) is 42.9. The number of carbonyl (C=O) groups excluding carboxylic acids is 1. The standard InChI is InChI=1S/C17H19NO3/c1-8-10-4-6-13(20)16-17(10)7-11(18(8)2)9-3-5-12(19)15(21-16)14(9)17/h3,5,8,10-11,16,19H,4,6-7H2,1-2H3. The third-order valence-electron chi connectivity index (χ3n) is 6.60. The number of phenolic OH excluding ortho intramolecular Hbond substituents is 1. The van der Waals surface area contributed by atoms with Gasteiger partial charge in [-0.25, -0.2) is 0 Å². The van der Waals surface area contributed by atoms with Gasteiger partial charge in [-0.15, -0.1) is 0 Å². The second-order valence-corrected chi connectivity index (χ2v) is 7.15. The molecule has 1 aromatic carbocycles. The summed E-state index contributed by atoms with van der Waals surface area (Å²) in [6.45, 7) is 2.27. The molecule has 2 fully saturated rings. The van der Waals surface area contributed by atoms with Gasteiger partial charge in [0.25, 0.3) is 0 Å². The zero-order valence-corrected chi connectivity index (χ0v) is 12.3. The van der Waals surface area contributed by atoms with Crippen LogP contribution in [0.3, 0.4) is 0 Å². The molecule has 2 aliphatic heterocycles. The Morgan fingerprint density at radius 2 is 2.24 bits per heavy atom. The molecule has 2 heterocycles. The van der Waals surface area contributed by atoms with E-state index in [9.17, 15) is 9.90 Å². The maximum absolute atomic E-state index is 12.5. The van der Waals surface area contributed by atoms with Crippen molar-refractivity contribution in [1.82, 2.24) is 4.90 Å². The summed E-state index contributed by atoms with van der Waals surface area (Å²) in [5.74, 6) is 1.42. The SMILES string of the molecule is CC1C2CCC(=O)C3Oc4c(O)ccc5c4C32CC5N1C. The number of piperidine rings is 1. The molecule has 5 atom stereocenters. The summed E-state index contributed by atoms with van der Waals surface area (Å²) in [6, 6.07) is 4.54. The van der Waals surface area contributed by atoms with E-state index in [1.54, 1.807) is 6.07 Å². The number of nitrogens with zero attached hydrogens (tertiary/aromatic N) is 1. The van der Waals surface area contributed by atoms with Crippen LogP contribution in [0.4, 0.5) is 0 Å². The number of likely N-dealkylation sites (tertiary alicyclic amines) is 1. The smallest absolute Gasteiger partial charge is 0.174 e. The van der Waals surface area contributed by atoms with Crippen LogP contribution >= 0.6 is 0 Å². The van der Waals surface area contributed by atoms with Crippen LogP contribution in [0.25, 0.3) is 0 Å². The molecular weight excluding hydrogens is 266 g/mol. The molecule has 1 saturated heterocycles. The first-order valence-electron chi connectivity index (χ1n) is 7.83. The van der Waals surface area contributed by atoms with E-state index in [1.807, 2.05) is 6.07 Å². The molecule has 0 radical (unpaired) electrons. The predicted molar refractivity (Wildman–Crippen MR) is 76.5 cm³/mol. The Labute approximate surface area is 123 Å². The topological polar surface area (TPSA) is 49.8 Å². The van der Waals surface area contributed by atoms with E-state index < -0.39 is 0 Å². The Bertz CT molecular complexity index is 685. The lowest BCUT2D eigenvalue weighted by molar-refractivity contribution is -0.138. The molecule has 2 aliphatic carbocycles. The van der Waals surface area contributed by atoms with Crippen LogP contribution in [-0.2, 0) is 10.2 Å². The maximum Gasteiger partial charge on any atom is 0.174 e. The fraction of sp³-hybridized carbons (Fsp3) is 0.588. The third kappa shape index (κ3) is 1.10. The number of carbonyl (C=O) groups is 1. The van der Waals surface area contributed by atoms with Crippen molar-refractivity contribution in [2.24, 2.45) is 5.92 Å². The van der Waals surface area contributed by atoms with Gasteiger partial charge in [-0.05, 0) is 44.4 Å². The highest BCUT2D eigenvalue weighted by Crippen LogP contribution is 2.68. The second kappa shape index (κ2) is 3.43. The van der Waals surface area contributed by atoms with E-state index in [-0.39, 0.29) is 23.1 Å². The van der Waals surface area contributed by atoms with Gasteiger partial charge in [0, 0.05) is 29.5 Å². The number of hydrogen-bond acceptors (Lipinski definition) is 4. The first-order valence-corrected chi connectivity index (χ1v) is 7.83. The highest BCUT2D eigenvalue weighted by atomic mass is 16.5. The summed E-state index contributed by atoms with van der Waals surface area (Å²) in [7, 11) is 2.19. The molecule has 1 N–H and O–H groups in total. The minimum absolute atomic E-state index is 0.185. The highest BCUT2D eigenvalue weighted by Gasteiger charge is 2.68. The van der Waals surface area contributed by atoms with Crippen LogP contribution in [0.2, 0.25) is 0 Å². The van der Waals surface area contributed by atoms with Crippen LogP contribution in [0.15, 0.2) is 12.1 Å². The maximum atomic E-state index is 12.5. The van der Waals surface area contributed by atoms with E-state index in [1.165, 1.54) is 5.56 Å². The number of benzene rings is 1. The van der Waals surface area contributed by atoms with Crippen molar-refractivity contribution >= 4 is 5.78 Å². The van der Waals surface area contributed by atoms with Crippen molar-refractivity contribution in [1.29, 1.82) is 0 Å². The lowest BCUT2D eigenvalue weighted by Crippen LogP contribution is -2.60. The van der Waals surface area contributed by atoms with E-state index >= 15 is 0 Å². The average Bonchev–Trinajstić information content (AvgIpc) is 2.95. The molecule has 21 heavy (non-hydrogen) atoms. The van der Waals surface area contributed by atoms with E-state index in [0.717, 1.165) is 18.4 Å². The molecule has 1 spiro atoms. The molecule has 4 aliphatic rings. The molecule has 1 saturated carbocycles. The van der Waals surface area contributed by atoms with E-state index in [0.29, 0.717) is 30.2 Å². The largest absolute Gasteiger partial charge is 0.504 e. The van der Waals surface area contributed by atoms with Crippen LogP contribution in [-0.4, -0.2) is 35.0 Å². The summed E-state index contributed by atoms with van der Waals surface area (Å²) in [6.07, 6.45) is 2.12. The van der Waals surface area contributed by atoms with Crippen molar-refractivity contribution in [2.45, 2.75) is 49.8 Å². The van der Waals surface area contributed by atoms with Gasteiger partial charge in [-0.3, -0.25) is 9.69 Å². The van der Waals surface area contributed by atoms with Crippen molar-refractivity contribution in [3.8, 4) is 11.5 Å². The Kier molecular flexibility index (Phi) is 1.97. The predicted octanol–water partition coefficient (Wildman–Crippen LogP) is 2.15. The number of fused-ring (bicyclic) bond motifs is 2. The van der Waals surface area contributed by atoms with Gasteiger partial charge in [-0.1, -0.05) is 6.07 Å². The molecule has 0 amide bonds. The molecule has 2 bridgehead atoms. The van der Waals surface area contributed by atoms with Gasteiger partial charge in [0.2, 0.25) is 0 Å². The molecular formula is C17H19NO3. The first-order chi connectivity index (χ1) is 10.1. The number of ether oxygens (including phenoxy) is 1. The zero-order chi connectivity index (χ0) is 14.5. The number of rotatable bonds is 0. The van der Waals surface area contributed by atoms with Crippen LogP contribution in [0.1, 0.15) is 43.4 Å². The number of ketones is 1. The lowest BCUT2D eigenvalue weighted by Gasteiger charge is -2.52. The van der Waals surface area contributed by atoms with Gasteiger partial charge in [0.05, 0.1) is 0 Å². The Morgan fingerprint density at radius 1 is 1.43 bits per heavy atom. The van der Waals surface area contributed by atoms with Crippen LogP contribution < -0.4 is 4.74 Å². The Balaban J connectivity index is 1.86. The molecule has 1 aromatic rings. The average molecular weight is 285 g/mol. The Hall–Kier alpha value is -1.55. The van der Waals surface area contributed by atoms with Crippen LogP contribution in [0.5, 0.6) is 11.5 Å². The number of hydrogen-bond donors (Lipinski definition) is 1. The monoisotopic (exact) mass is 285 g/mol. The summed E-state index contributed by atoms with van der Waals surface area (Å²) >= 11 is 0. The molecule has 0 aromatic heterocycles. The van der Waals surface area contributed by atoms with Crippen molar-refractivity contribution in [3.63, 3.8) is 0 Å². The molecule has 5 unspecified atom stereocenters. The van der Waals surface area contributed by atoms with Gasteiger partial charge in [0.1, 0.15) is 0 Å². The summed E-state index contributed by atoms with van der Waals surface area (Å²) in [5.41, 5.74) is 2.22. The fourth-order valence-corrected chi connectivity index (χ4v) is 5.63. The van der Waals surface area contributed by atoms with E-state index in [4.69, 9.17) is 4.74 Å².